The molecule has 0 N–H and O–H groups in total. The molecule has 4 aromatic rings. The molecule has 1 fully saturated rings. The summed E-state index contributed by atoms with van der Waals surface area (Å²) in [7, 11) is 2.96. The Morgan fingerprint density at radius 1 is 1.07 bits per heavy atom. The molecule has 0 saturated heterocycles. The summed E-state index contributed by atoms with van der Waals surface area (Å²) in [6.07, 6.45) is 5.21. The molecule has 0 radical (unpaired) electrons. The monoisotopic (exact) mass is 426 g/mol. The van der Waals surface area contributed by atoms with Gasteiger partial charge in [-0.25, -0.2) is 9.97 Å². The van der Waals surface area contributed by atoms with E-state index in [0.717, 1.165) is 23.9 Å². The maximum atomic E-state index is 14.4. The molecule has 0 spiro atoms. The minimum absolute atomic E-state index is 0.134. The zero-order chi connectivity index (χ0) is 20.8. The Labute approximate surface area is 175 Å². The number of aromatic nitrogens is 6. The van der Waals surface area contributed by atoms with E-state index in [4.69, 9.17) is 21.1 Å². The predicted octanol–water partition coefficient (Wildman–Crippen LogP) is 3.66. The molecular formula is C20H16ClFN6O2. The summed E-state index contributed by atoms with van der Waals surface area (Å²) in [6, 6.07) is 5.79. The van der Waals surface area contributed by atoms with E-state index in [1.54, 1.807) is 12.4 Å². The molecule has 10 heteroatoms. The number of fused-ring (bicyclic) bond motifs is 1. The largest absolute Gasteiger partial charge is 0.480 e. The molecule has 0 amide bonds. The summed E-state index contributed by atoms with van der Waals surface area (Å²) in [5.41, 5.74) is 3.30. The molecule has 1 aliphatic rings. The number of rotatable bonds is 5. The minimum atomic E-state index is -0.552. The smallest absolute Gasteiger partial charge is 0.319 e. The number of methoxy groups -OCH3 is 2. The van der Waals surface area contributed by atoms with Crippen LogP contribution in [0.1, 0.15) is 29.5 Å². The number of imidazole rings is 1. The van der Waals surface area contributed by atoms with Crippen molar-refractivity contribution in [3.05, 3.63) is 59.0 Å². The van der Waals surface area contributed by atoms with Crippen LogP contribution >= 0.6 is 11.6 Å². The summed E-state index contributed by atoms with van der Waals surface area (Å²) in [4.78, 5) is 17.0. The van der Waals surface area contributed by atoms with Gasteiger partial charge in [0.1, 0.15) is 0 Å². The van der Waals surface area contributed by atoms with Crippen molar-refractivity contribution < 1.29 is 13.9 Å². The Bertz CT molecular complexity index is 1250. The van der Waals surface area contributed by atoms with Gasteiger partial charge in [0.2, 0.25) is 11.8 Å². The van der Waals surface area contributed by atoms with E-state index in [0.29, 0.717) is 21.9 Å². The van der Waals surface area contributed by atoms with E-state index < -0.39 is 5.95 Å². The fourth-order valence-electron chi connectivity index (χ4n) is 3.62. The van der Waals surface area contributed by atoms with Crippen LogP contribution in [-0.4, -0.2) is 43.8 Å². The van der Waals surface area contributed by atoms with Gasteiger partial charge in [-0.3, -0.25) is 4.98 Å². The van der Waals surface area contributed by atoms with Crippen molar-refractivity contribution in [2.75, 3.05) is 14.2 Å². The Hall–Kier alpha value is -3.33. The van der Waals surface area contributed by atoms with Crippen molar-refractivity contribution in [2.24, 2.45) is 0 Å². The number of ether oxygens (including phenoxy) is 2. The van der Waals surface area contributed by atoms with E-state index in [1.165, 1.54) is 18.7 Å². The third kappa shape index (κ3) is 3.11. The quantitative estimate of drug-likeness (QED) is 0.481. The summed E-state index contributed by atoms with van der Waals surface area (Å²) in [5, 5.41) is 4.98. The highest BCUT2D eigenvalue weighted by Crippen LogP contribution is 2.55. The van der Waals surface area contributed by atoms with Crippen LogP contribution in [0.5, 0.6) is 11.9 Å². The Kier molecular flexibility index (Phi) is 4.47. The van der Waals surface area contributed by atoms with Crippen LogP contribution in [0.3, 0.4) is 0 Å². The first-order valence-electron chi connectivity index (χ1n) is 9.20. The maximum Gasteiger partial charge on any atom is 0.319 e. The van der Waals surface area contributed by atoms with Crippen LogP contribution in [0.25, 0.3) is 16.9 Å². The van der Waals surface area contributed by atoms with E-state index in [-0.39, 0.29) is 23.7 Å². The third-order valence-corrected chi connectivity index (χ3v) is 5.38. The number of halogens is 2. The van der Waals surface area contributed by atoms with Gasteiger partial charge in [0, 0.05) is 29.6 Å². The lowest BCUT2D eigenvalue weighted by Crippen LogP contribution is -2.04. The zero-order valence-corrected chi connectivity index (χ0v) is 16.8. The number of nitrogens with zero attached hydrogens (tertiary/aromatic N) is 6. The standard InChI is InChI=1S/C20H16ClFN6O2/c1-29-19-14(8-25-20(26-19)30-2)16-6-13(18-24-9-17(22)28(18)27-16)11-5-12(11)15-4-3-10(21)7-23-15/h3-4,6-9,11-12H,5H2,1-2H3/t11-,12-/m0/s1. The van der Waals surface area contributed by atoms with Crippen LogP contribution in [0.15, 0.2) is 36.8 Å². The molecular weight excluding hydrogens is 411 g/mol. The van der Waals surface area contributed by atoms with Crippen molar-refractivity contribution in [2.45, 2.75) is 18.3 Å². The van der Waals surface area contributed by atoms with Crippen molar-refractivity contribution in [3.63, 3.8) is 0 Å². The lowest BCUT2D eigenvalue weighted by Gasteiger charge is -2.10. The molecule has 2 atom stereocenters. The Balaban J connectivity index is 1.61. The molecule has 152 valence electrons. The lowest BCUT2D eigenvalue weighted by atomic mass is 10.1. The minimum Gasteiger partial charge on any atom is -0.480 e. The maximum absolute atomic E-state index is 14.4. The molecule has 30 heavy (non-hydrogen) atoms. The topological polar surface area (TPSA) is 87.3 Å². The van der Waals surface area contributed by atoms with Crippen LogP contribution < -0.4 is 9.47 Å². The average Bonchev–Trinajstić information content (AvgIpc) is 3.49. The van der Waals surface area contributed by atoms with Crippen molar-refractivity contribution in [1.29, 1.82) is 0 Å². The summed E-state index contributed by atoms with van der Waals surface area (Å²) >= 11 is 5.95. The van der Waals surface area contributed by atoms with Crippen molar-refractivity contribution >= 4 is 17.2 Å². The zero-order valence-electron chi connectivity index (χ0n) is 16.1. The fourth-order valence-corrected chi connectivity index (χ4v) is 3.73. The summed E-state index contributed by atoms with van der Waals surface area (Å²) in [5.74, 6) is 0.0696. The Morgan fingerprint density at radius 2 is 1.93 bits per heavy atom. The predicted molar refractivity (Wildman–Crippen MR) is 106 cm³/mol. The molecule has 1 saturated carbocycles. The molecule has 4 heterocycles. The highest BCUT2D eigenvalue weighted by molar-refractivity contribution is 6.30. The number of hydrogen-bond acceptors (Lipinski definition) is 7. The van der Waals surface area contributed by atoms with Gasteiger partial charge in [-0.1, -0.05) is 11.6 Å². The average molecular weight is 427 g/mol. The lowest BCUT2D eigenvalue weighted by molar-refractivity contribution is 0.353. The first kappa shape index (κ1) is 18.7. The molecule has 4 aromatic heterocycles. The third-order valence-electron chi connectivity index (χ3n) is 5.16. The van der Waals surface area contributed by atoms with E-state index >= 15 is 0 Å². The number of pyridine rings is 1. The van der Waals surface area contributed by atoms with Crippen LogP contribution in [0.2, 0.25) is 5.02 Å². The fraction of sp³-hybridized carbons (Fsp3) is 0.250. The first-order valence-corrected chi connectivity index (χ1v) is 9.58. The van der Waals surface area contributed by atoms with Gasteiger partial charge >= 0.3 is 6.01 Å². The first-order chi connectivity index (χ1) is 14.6. The van der Waals surface area contributed by atoms with Crippen molar-refractivity contribution in [3.8, 4) is 23.1 Å². The number of hydrogen-bond donors (Lipinski definition) is 0. The summed E-state index contributed by atoms with van der Waals surface area (Å²) in [6.45, 7) is 0. The molecule has 8 nitrogen and oxygen atoms in total. The van der Waals surface area contributed by atoms with Gasteiger partial charge in [0.15, 0.2) is 5.65 Å². The van der Waals surface area contributed by atoms with Crippen molar-refractivity contribution in [1.82, 2.24) is 29.5 Å². The summed E-state index contributed by atoms with van der Waals surface area (Å²) < 4.78 is 26.0. The molecule has 1 aliphatic carbocycles. The molecule has 5 rings (SSSR count). The van der Waals surface area contributed by atoms with Crippen LogP contribution in [-0.2, 0) is 0 Å². The van der Waals surface area contributed by atoms with Crippen LogP contribution in [0.4, 0.5) is 4.39 Å². The van der Waals surface area contributed by atoms with Crippen LogP contribution in [0, 0.1) is 5.95 Å². The second-order valence-corrected chi connectivity index (χ2v) is 7.37. The molecule has 0 unspecified atom stereocenters. The van der Waals surface area contributed by atoms with Gasteiger partial charge in [-0.15, -0.1) is 0 Å². The second-order valence-electron chi connectivity index (χ2n) is 6.93. The van der Waals surface area contributed by atoms with Gasteiger partial charge < -0.3 is 9.47 Å². The second kappa shape index (κ2) is 7.17. The highest BCUT2D eigenvalue weighted by Gasteiger charge is 2.42. The molecule has 0 aromatic carbocycles. The molecule has 0 bridgehead atoms. The highest BCUT2D eigenvalue weighted by atomic mass is 35.5. The SMILES string of the molecule is COc1ncc(-c2cc([C@H]3C[C@@H]3c3ccc(Cl)cn3)c3ncc(F)n3n2)c(OC)n1. The Morgan fingerprint density at radius 3 is 2.67 bits per heavy atom. The normalized spacial score (nSPS) is 17.9. The van der Waals surface area contributed by atoms with E-state index in [9.17, 15) is 4.39 Å². The van der Waals surface area contributed by atoms with Gasteiger partial charge in [-0.2, -0.15) is 19.0 Å². The van der Waals surface area contributed by atoms with Gasteiger partial charge in [-0.05, 0) is 30.5 Å². The van der Waals surface area contributed by atoms with Gasteiger partial charge in [0.25, 0.3) is 0 Å². The molecule has 0 aliphatic heterocycles. The van der Waals surface area contributed by atoms with E-state index in [2.05, 4.69) is 25.0 Å². The van der Waals surface area contributed by atoms with Gasteiger partial charge in [0.05, 0.1) is 36.7 Å². The van der Waals surface area contributed by atoms with E-state index in [1.807, 2.05) is 18.2 Å².